The summed E-state index contributed by atoms with van der Waals surface area (Å²) < 4.78 is 0. The van der Waals surface area contributed by atoms with Crippen molar-refractivity contribution >= 4 is 17.4 Å². The van der Waals surface area contributed by atoms with Crippen LogP contribution in [0.1, 0.15) is 0 Å². The lowest BCUT2D eigenvalue weighted by Crippen LogP contribution is -2.37. The average molecular weight is 241 g/mol. The van der Waals surface area contributed by atoms with E-state index in [1.807, 2.05) is 0 Å². The Bertz CT molecular complexity index is 448. The Morgan fingerprint density at radius 3 is 2.59 bits per heavy atom. The highest BCUT2D eigenvalue weighted by Gasteiger charge is 2.18. The molecule has 4 N–H and O–H groups in total. The van der Waals surface area contributed by atoms with Crippen LogP contribution in [0.4, 0.5) is 16.2 Å². The molecule has 1 rings (SSSR count). The van der Waals surface area contributed by atoms with E-state index in [0.717, 1.165) is 17.0 Å². The number of nitro groups is 1. The molecule has 17 heavy (non-hydrogen) atoms. The molecule has 0 unspecified atom stereocenters. The number of nitrogens with zero attached hydrogens (tertiary/aromatic N) is 2. The summed E-state index contributed by atoms with van der Waals surface area (Å²) in [6, 6.07) is 2.35. The Labute approximate surface area is 96.0 Å². The van der Waals surface area contributed by atoms with Crippen LogP contribution in [0.2, 0.25) is 0 Å². The molecule has 2 amide bonds. The minimum atomic E-state index is -0.872. The number of primary amides is 1. The van der Waals surface area contributed by atoms with E-state index in [-0.39, 0.29) is 24.5 Å². The molecule has 92 valence electrons. The molecule has 0 aliphatic carbocycles. The number of hydrogen-bond acceptors (Lipinski definition) is 5. The number of aliphatic hydroxyl groups excluding tert-OH is 1. The van der Waals surface area contributed by atoms with Crippen LogP contribution in [-0.2, 0) is 0 Å². The lowest BCUT2D eigenvalue weighted by atomic mass is 10.2. The molecule has 8 heteroatoms. The molecule has 0 fully saturated rings. The third-order valence-corrected chi connectivity index (χ3v) is 2.05. The molecule has 8 nitrogen and oxygen atoms in total. The minimum absolute atomic E-state index is 0.0113. The number of amides is 2. The highest BCUT2D eigenvalue weighted by molar-refractivity contribution is 5.92. The molecule has 0 saturated carbocycles. The van der Waals surface area contributed by atoms with E-state index >= 15 is 0 Å². The van der Waals surface area contributed by atoms with Gasteiger partial charge >= 0.3 is 6.03 Å². The molecule has 0 aliphatic heterocycles. The third-order valence-electron chi connectivity index (χ3n) is 2.05. The Morgan fingerprint density at radius 1 is 1.53 bits per heavy atom. The highest BCUT2D eigenvalue weighted by atomic mass is 16.6. The van der Waals surface area contributed by atoms with Crippen LogP contribution in [0.3, 0.4) is 0 Å². The zero-order valence-electron chi connectivity index (χ0n) is 8.74. The third kappa shape index (κ3) is 2.82. The summed E-state index contributed by atoms with van der Waals surface area (Å²) >= 11 is 0. The number of hydrogen-bond donors (Lipinski definition) is 3. The Balaban J connectivity index is 3.12. The molecule has 0 atom stereocenters. The van der Waals surface area contributed by atoms with Gasteiger partial charge in [0.15, 0.2) is 0 Å². The highest BCUT2D eigenvalue weighted by Crippen LogP contribution is 2.30. The average Bonchev–Trinajstić information content (AvgIpc) is 2.26. The van der Waals surface area contributed by atoms with E-state index in [0.29, 0.717) is 0 Å². The standard InChI is InChI=1S/C9H11N3O5/c10-9(15)11(3-4-13)7-2-1-6(12(16)17)5-8(7)14/h1-2,5,13-14H,3-4H2,(H2,10,15). The number of anilines is 1. The number of aliphatic hydroxyl groups is 1. The molecule has 0 radical (unpaired) electrons. The van der Waals surface area contributed by atoms with Crippen LogP contribution < -0.4 is 10.6 Å². The van der Waals surface area contributed by atoms with Gasteiger partial charge in [-0.05, 0) is 6.07 Å². The molecular formula is C9H11N3O5. The van der Waals surface area contributed by atoms with Crippen molar-refractivity contribution in [1.82, 2.24) is 0 Å². The number of nitrogens with two attached hydrogens (primary N) is 1. The van der Waals surface area contributed by atoms with Gasteiger partial charge in [0.1, 0.15) is 5.75 Å². The summed E-state index contributed by atoms with van der Waals surface area (Å²) in [5.41, 5.74) is 4.76. The molecule has 0 aromatic heterocycles. The second-order valence-electron chi connectivity index (χ2n) is 3.14. The first-order valence-corrected chi connectivity index (χ1v) is 4.62. The number of urea groups is 1. The van der Waals surface area contributed by atoms with E-state index in [1.54, 1.807) is 0 Å². The molecule has 0 heterocycles. The van der Waals surface area contributed by atoms with Gasteiger partial charge in [0.05, 0.1) is 29.8 Å². The number of non-ortho nitro benzene ring substituents is 1. The normalized spacial score (nSPS) is 9.94. The molecular weight excluding hydrogens is 230 g/mol. The van der Waals surface area contributed by atoms with Gasteiger partial charge in [0, 0.05) is 6.07 Å². The first kappa shape index (κ1) is 12.7. The van der Waals surface area contributed by atoms with Gasteiger partial charge in [-0.25, -0.2) is 4.79 Å². The first-order chi connectivity index (χ1) is 7.97. The lowest BCUT2D eigenvalue weighted by molar-refractivity contribution is -0.384. The summed E-state index contributed by atoms with van der Waals surface area (Å²) in [6.45, 7) is -0.458. The second-order valence-corrected chi connectivity index (χ2v) is 3.14. The summed E-state index contributed by atoms with van der Waals surface area (Å²) in [4.78, 5) is 21.7. The maximum atomic E-state index is 11.1. The van der Waals surface area contributed by atoms with Crippen molar-refractivity contribution in [3.8, 4) is 5.75 Å². The maximum absolute atomic E-state index is 11.1. The van der Waals surface area contributed by atoms with Crippen LogP contribution in [0.25, 0.3) is 0 Å². The van der Waals surface area contributed by atoms with Crippen LogP contribution in [-0.4, -0.2) is 34.3 Å². The lowest BCUT2D eigenvalue weighted by Gasteiger charge is -2.19. The zero-order chi connectivity index (χ0) is 13.0. The van der Waals surface area contributed by atoms with E-state index in [4.69, 9.17) is 10.8 Å². The fraction of sp³-hybridized carbons (Fsp3) is 0.222. The second kappa shape index (κ2) is 5.12. The van der Waals surface area contributed by atoms with Crippen LogP contribution >= 0.6 is 0 Å². The van der Waals surface area contributed by atoms with Gasteiger partial charge in [0.25, 0.3) is 5.69 Å². The fourth-order valence-electron chi connectivity index (χ4n) is 1.30. The minimum Gasteiger partial charge on any atom is -0.505 e. The number of phenolic OH excluding ortho intramolecular Hbond substituents is 1. The Kier molecular flexibility index (Phi) is 3.83. The smallest absolute Gasteiger partial charge is 0.319 e. The number of rotatable bonds is 4. The number of carbonyl (C=O) groups is 1. The van der Waals surface area contributed by atoms with Gasteiger partial charge in [0.2, 0.25) is 0 Å². The molecule has 0 spiro atoms. The number of nitro benzene ring substituents is 1. The summed E-state index contributed by atoms with van der Waals surface area (Å²) in [7, 11) is 0. The predicted octanol–water partition coefficient (Wildman–Crippen LogP) is 0.178. The van der Waals surface area contributed by atoms with Crippen LogP contribution in [0.15, 0.2) is 18.2 Å². The van der Waals surface area contributed by atoms with Crippen molar-refractivity contribution in [2.24, 2.45) is 5.73 Å². The SMILES string of the molecule is NC(=O)N(CCO)c1ccc([N+](=O)[O-])cc1O. The van der Waals surface area contributed by atoms with Gasteiger partial charge < -0.3 is 15.9 Å². The van der Waals surface area contributed by atoms with E-state index in [2.05, 4.69) is 0 Å². The van der Waals surface area contributed by atoms with Gasteiger partial charge in [-0.15, -0.1) is 0 Å². The van der Waals surface area contributed by atoms with Crippen molar-refractivity contribution in [1.29, 1.82) is 0 Å². The van der Waals surface area contributed by atoms with Crippen molar-refractivity contribution in [2.75, 3.05) is 18.1 Å². The number of benzene rings is 1. The van der Waals surface area contributed by atoms with Crippen molar-refractivity contribution in [3.63, 3.8) is 0 Å². The topological polar surface area (TPSA) is 130 Å². The van der Waals surface area contributed by atoms with Crippen LogP contribution in [0, 0.1) is 10.1 Å². The van der Waals surface area contributed by atoms with Gasteiger partial charge in [-0.1, -0.05) is 0 Å². The van der Waals surface area contributed by atoms with Crippen molar-refractivity contribution in [3.05, 3.63) is 28.3 Å². The van der Waals surface area contributed by atoms with E-state index < -0.39 is 16.7 Å². The number of aromatic hydroxyl groups is 1. The monoisotopic (exact) mass is 241 g/mol. The molecule has 1 aromatic rings. The molecule has 0 aliphatic rings. The number of carbonyl (C=O) groups excluding carboxylic acids is 1. The fourth-order valence-corrected chi connectivity index (χ4v) is 1.30. The molecule has 0 bridgehead atoms. The zero-order valence-corrected chi connectivity index (χ0v) is 8.74. The maximum Gasteiger partial charge on any atom is 0.319 e. The molecule has 0 saturated heterocycles. The Hall–Kier alpha value is -2.35. The number of phenols is 1. The van der Waals surface area contributed by atoms with E-state index in [1.165, 1.54) is 6.07 Å². The predicted molar refractivity (Wildman–Crippen MR) is 58.8 cm³/mol. The largest absolute Gasteiger partial charge is 0.505 e. The first-order valence-electron chi connectivity index (χ1n) is 4.62. The van der Waals surface area contributed by atoms with Crippen LogP contribution in [0.5, 0.6) is 5.75 Å². The Morgan fingerprint density at radius 2 is 2.18 bits per heavy atom. The molecule has 1 aromatic carbocycles. The van der Waals surface area contributed by atoms with Crippen molar-refractivity contribution in [2.45, 2.75) is 0 Å². The van der Waals surface area contributed by atoms with Crippen molar-refractivity contribution < 1.29 is 19.9 Å². The summed E-state index contributed by atoms with van der Waals surface area (Å²) in [5, 5.41) is 28.7. The quantitative estimate of drug-likeness (QED) is 0.511. The van der Waals surface area contributed by atoms with Gasteiger partial charge in [-0.2, -0.15) is 0 Å². The summed E-state index contributed by atoms with van der Waals surface area (Å²) in [6.07, 6.45) is 0. The van der Waals surface area contributed by atoms with Gasteiger partial charge in [-0.3, -0.25) is 15.0 Å². The van der Waals surface area contributed by atoms with E-state index in [9.17, 15) is 20.0 Å². The summed E-state index contributed by atoms with van der Waals surface area (Å²) in [5.74, 6) is -0.452.